The fourth-order valence-corrected chi connectivity index (χ4v) is 7.61. The minimum atomic E-state index is -0.695. The van der Waals surface area contributed by atoms with Crippen LogP contribution in [0, 0.1) is 17.8 Å². The number of phenolic OH excluding ortho intramolecular Hbond substituents is 1. The quantitative estimate of drug-likeness (QED) is 0.150. The summed E-state index contributed by atoms with van der Waals surface area (Å²) in [5.74, 6) is -2.12. The first-order chi connectivity index (χ1) is 22.7. The molecule has 1 saturated heterocycles. The van der Waals surface area contributed by atoms with Crippen LogP contribution in [0.5, 0.6) is 17.2 Å². The van der Waals surface area contributed by atoms with Crippen molar-refractivity contribution in [1.29, 1.82) is 0 Å². The molecule has 1 heterocycles. The number of rotatable bonds is 6. The van der Waals surface area contributed by atoms with Gasteiger partial charge >= 0.3 is 0 Å². The third-order valence-electron chi connectivity index (χ3n) is 9.85. The maximum absolute atomic E-state index is 14.2. The molecule has 4 unspecified atom stereocenters. The summed E-state index contributed by atoms with van der Waals surface area (Å²) >= 11 is 0. The average molecular weight is 628 g/mol. The number of para-hydroxylation sites is 1. The lowest BCUT2D eigenvalue weighted by Gasteiger charge is -2.42. The van der Waals surface area contributed by atoms with Crippen LogP contribution >= 0.6 is 0 Å². The number of hydrogen-bond acceptors (Lipinski definition) is 7. The zero-order chi connectivity index (χ0) is 33.0. The summed E-state index contributed by atoms with van der Waals surface area (Å²) in [7, 11) is 3.21. The zero-order valence-electron chi connectivity index (χ0n) is 26.2. The Kier molecular flexibility index (Phi) is 7.51. The second kappa shape index (κ2) is 11.7. The van der Waals surface area contributed by atoms with Crippen molar-refractivity contribution >= 4 is 41.2 Å². The number of aromatic hydroxyl groups is 1. The summed E-state index contributed by atoms with van der Waals surface area (Å²) in [6.45, 7) is 1.62. The van der Waals surface area contributed by atoms with Gasteiger partial charge in [-0.2, -0.15) is 0 Å². The van der Waals surface area contributed by atoms with Gasteiger partial charge in [0.05, 0.1) is 31.7 Å². The third-order valence-corrected chi connectivity index (χ3v) is 9.85. The van der Waals surface area contributed by atoms with Gasteiger partial charge in [-0.1, -0.05) is 54.1 Å². The van der Waals surface area contributed by atoms with Crippen LogP contribution in [0.1, 0.15) is 42.4 Å². The van der Waals surface area contributed by atoms with Crippen molar-refractivity contribution in [2.75, 3.05) is 19.1 Å². The van der Waals surface area contributed by atoms with E-state index in [4.69, 9.17) is 9.47 Å². The molecule has 1 fully saturated rings. The number of imide groups is 1. The van der Waals surface area contributed by atoms with E-state index in [0.29, 0.717) is 45.9 Å². The van der Waals surface area contributed by atoms with Gasteiger partial charge < -0.3 is 14.6 Å². The first kappa shape index (κ1) is 30.2. The predicted octanol–water partition coefficient (Wildman–Crippen LogP) is 6.21. The average Bonchev–Trinajstić information content (AvgIpc) is 3.34. The Labute approximate surface area is 272 Å². The SMILES string of the molecule is COc1ccc(OC)c(C=Cc2ccc(N3C(=O)C4CC=C5C(c6ccccc6O)C6=C(CC5C4C3=O)C(=O)C(C)=CC6=O)cc2)c1. The third kappa shape index (κ3) is 4.92. The van der Waals surface area contributed by atoms with Crippen LogP contribution in [-0.4, -0.2) is 42.7 Å². The number of ketones is 2. The van der Waals surface area contributed by atoms with Crippen molar-refractivity contribution in [3.05, 3.63) is 118 Å². The Morgan fingerprint density at radius 2 is 1.64 bits per heavy atom. The molecule has 236 valence electrons. The number of nitrogens with zero attached hydrogens (tertiary/aromatic N) is 1. The smallest absolute Gasteiger partial charge is 0.238 e. The number of benzene rings is 3. The lowest BCUT2D eigenvalue weighted by molar-refractivity contribution is -0.123. The van der Waals surface area contributed by atoms with E-state index in [2.05, 4.69) is 0 Å². The van der Waals surface area contributed by atoms with Crippen LogP contribution in [0.4, 0.5) is 5.69 Å². The number of allylic oxidation sites excluding steroid dienone is 6. The number of anilines is 1. The number of carbonyl (C=O) groups excluding carboxylic acids is 4. The lowest BCUT2D eigenvalue weighted by Crippen LogP contribution is -2.39. The monoisotopic (exact) mass is 627 g/mol. The molecule has 3 aromatic rings. The summed E-state index contributed by atoms with van der Waals surface area (Å²) in [6, 6.07) is 19.5. The molecule has 2 amide bonds. The highest BCUT2D eigenvalue weighted by molar-refractivity contribution is 6.25. The zero-order valence-corrected chi connectivity index (χ0v) is 26.2. The lowest BCUT2D eigenvalue weighted by atomic mass is 9.59. The molecule has 3 aliphatic carbocycles. The van der Waals surface area contributed by atoms with Crippen molar-refractivity contribution in [3.8, 4) is 17.2 Å². The van der Waals surface area contributed by atoms with Crippen LogP contribution in [0.3, 0.4) is 0 Å². The minimum absolute atomic E-state index is 0.00832. The molecule has 8 heteroatoms. The number of phenols is 1. The standard InChI is InChI=1S/C39H33NO7/c1-21-18-32(42)36-30(37(21)43)20-29-26(34(36)27-6-4-5-7-31(27)41)15-16-28-35(29)39(45)40(38(28)44)24-12-9-22(10-13-24)8-11-23-19-25(46-2)14-17-33(23)47-3/h4-15,17-19,28-29,34-35,41H,16,20H2,1-3H3. The van der Waals surface area contributed by atoms with Gasteiger partial charge in [0.25, 0.3) is 0 Å². The second-order valence-electron chi connectivity index (χ2n) is 12.3. The van der Waals surface area contributed by atoms with Crippen molar-refractivity contribution in [2.24, 2.45) is 17.8 Å². The predicted molar refractivity (Wildman–Crippen MR) is 177 cm³/mol. The Hall–Kier alpha value is -5.50. The summed E-state index contributed by atoms with van der Waals surface area (Å²) in [4.78, 5) is 56.2. The van der Waals surface area contributed by atoms with Crippen LogP contribution in [0.2, 0.25) is 0 Å². The van der Waals surface area contributed by atoms with E-state index in [1.807, 2.05) is 48.6 Å². The number of methoxy groups -OCH3 is 2. The molecule has 0 bridgehead atoms. The molecule has 4 aliphatic rings. The summed E-state index contributed by atoms with van der Waals surface area (Å²) in [6.07, 6.45) is 7.64. The highest BCUT2D eigenvalue weighted by Crippen LogP contribution is 2.56. The molecule has 0 saturated carbocycles. The first-order valence-corrected chi connectivity index (χ1v) is 15.6. The number of amides is 2. The van der Waals surface area contributed by atoms with Crippen LogP contribution in [0.15, 0.2) is 101 Å². The maximum Gasteiger partial charge on any atom is 0.238 e. The van der Waals surface area contributed by atoms with Gasteiger partial charge in [-0.25, -0.2) is 0 Å². The van der Waals surface area contributed by atoms with Gasteiger partial charge in [-0.05, 0) is 73.7 Å². The van der Waals surface area contributed by atoms with E-state index in [1.165, 1.54) is 11.0 Å². The van der Waals surface area contributed by atoms with Gasteiger partial charge in [0.1, 0.15) is 17.2 Å². The topological polar surface area (TPSA) is 110 Å². The molecule has 0 radical (unpaired) electrons. The molecule has 8 nitrogen and oxygen atoms in total. The fraction of sp³-hybridized carbons (Fsp3) is 0.231. The van der Waals surface area contributed by atoms with Crippen LogP contribution in [-0.2, 0) is 19.2 Å². The van der Waals surface area contributed by atoms with E-state index in [9.17, 15) is 24.3 Å². The molecular weight excluding hydrogens is 594 g/mol. The van der Waals surface area contributed by atoms with E-state index < -0.39 is 23.7 Å². The molecule has 3 aromatic carbocycles. The number of hydrogen-bond donors (Lipinski definition) is 1. The Morgan fingerprint density at radius 1 is 0.872 bits per heavy atom. The van der Waals surface area contributed by atoms with Crippen molar-refractivity contribution in [2.45, 2.75) is 25.7 Å². The molecular formula is C39H33NO7. The molecule has 1 aliphatic heterocycles. The summed E-state index contributed by atoms with van der Waals surface area (Å²) in [5.41, 5.74) is 4.55. The largest absolute Gasteiger partial charge is 0.508 e. The normalized spacial score (nSPS) is 23.8. The van der Waals surface area contributed by atoms with Crippen LogP contribution < -0.4 is 14.4 Å². The van der Waals surface area contributed by atoms with E-state index in [-0.39, 0.29) is 35.6 Å². The van der Waals surface area contributed by atoms with Gasteiger partial charge in [-0.15, -0.1) is 0 Å². The van der Waals surface area contributed by atoms with Crippen LogP contribution in [0.25, 0.3) is 12.2 Å². The second-order valence-corrected chi connectivity index (χ2v) is 12.3. The number of fused-ring (bicyclic) bond motifs is 3. The highest BCUT2D eigenvalue weighted by Gasteiger charge is 2.56. The number of carbonyl (C=O) groups is 4. The molecule has 0 aromatic heterocycles. The van der Waals surface area contributed by atoms with Crippen molar-refractivity contribution in [3.63, 3.8) is 0 Å². The Balaban J connectivity index is 1.20. The van der Waals surface area contributed by atoms with Crippen molar-refractivity contribution < 1.29 is 33.8 Å². The number of Topliss-reactive ketones (excluding diaryl/α,β-unsaturated/α-hetero) is 1. The highest BCUT2D eigenvalue weighted by atomic mass is 16.5. The molecule has 47 heavy (non-hydrogen) atoms. The van der Waals surface area contributed by atoms with Gasteiger partial charge in [0.2, 0.25) is 11.8 Å². The maximum atomic E-state index is 14.2. The van der Waals surface area contributed by atoms with Gasteiger partial charge in [-0.3, -0.25) is 24.1 Å². The Morgan fingerprint density at radius 3 is 2.36 bits per heavy atom. The fourth-order valence-electron chi connectivity index (χ4n) is 7.61. The van der Waals surface area contributed by atoms with E-state index >= 15 is 0 Å². The van der Waals surface area contributed by atoms with E-state index in [1.54, 1.807) is 57.5 Å². The van der Waals surface area contributed by atoms with Gasteiger partial charge in [0.15, 0.2) is 11.6 Å². The molecule has 7 rings (SSSR count). The first-order valence-electron chi connectivity index (χ1n) is 15.6. The molecule has 4 atom stereocenters. The molecule has 1 N–H and O–H groups in total. The minimum Gasteiger partial charge on any atom is -0.508 e. The molecule has 0 spiro atoms. The van der Waals surface area contributed by atoms with Crippen molar-refractivity contribution in [1.82, 2.24) is 0 Å². The Bertz CT molecular complexity index is 1980. The van der Waals surface area contributed by atoms with Gasteiger partial charge in [0, 0.05) is 33.8 Å². The van der Waals surface area contributed by atoms with E-state index in [0.717, 1.165) is 16.7 Å². The summed E-state index contributed by atoms with van der Waals surface area (Å²) in [5, 5.41) is 10.9. The summed E-state index contributed by atoms with van der Waals surface area (Å²) < 4.78 is 10.8. The number of ether oxygens (including phenoxy) is 2.